The first-order valence-corrected chi connectivity index (χ1v) is 6.63. The molecule has 0 bridgehead atoms. The van der Waals surface area contributed by atoms with E-state index in [0.29, 0.717) is 0 Å². The molecule has 0 aliphatic carbocycles. The van der Waals surface area contributed by atoms with Crippen LogP contribution in [0.4, 0.5) is 13.2 Å². The van der Waals surface area contributed by atoms with Gasteiger partial charge >= 0.3 is 12.1 Å². The molecule has 4 nitrogen and oxygen atoms in total. The lowest BCUT2D eigenvalue weighted by Crippen LogP contribution is -2.45. The van der Waals surface area contributed by atoms with Crippen molar-refractivity contribution in [2.24, 2.45) is 0 Å². The summed E-state index contributed by atoms with van der Waals surface area (Å²) in [6.45, 7) is 2.95. The van der Waals surface area contributed by atoms with Crippen LogP contribution in [0, 0.1) is 0 Å². The molecule has 0 spiro atoms. The molecule has 1 rings (SSSR count). The molecule has 0 aliphatic heterocycles. The summed E-state index contributed by atoms with van der Waals surface area (Å²) >= 11 is 2.78. The van der Waals surface area contributed by atoms with E-state index in [1.807, 2.05) is 0 Å². The van der Waals surface area contributed by atoms with Crippen LogP contribution in [0.1, 0.15) is 36.2 Å². The maximum Gasteiger partial charge on any atom is 0.417 e. The third-order valence-electron chi connectivity index (χ3n) is 2.58. The van der Waals surface area contributed by atoms with E-state index in [1.165, 1.54) is 19.9 Å². The number of carbonyl (C=O) groups is 2. The van der Waals surface area contributed by atoms with Gasteiger partial charge in [0.15, 0.2) is 0 Å². The quantitative estimate of drug-likeness (QED) is 0.856. The number of hydrogen-bond acceptors (Lipinski definition) is 2. The summed E-state index contributed by atoms with van der Waals surface area (Å²) in [4.78, 5) is 22.6. The molecule has 0 radical (unpaired) electrons. The molecule has 1 amide bonds. The number of carbonyl (C=O) groups excluding carboxylic acids is 1. The second-order valence-corrected chi connectivity index (χ2v) is 5.96. The van der Waals surface area contributed by atoms with E-state index >= 15 is 0 Å². The number of alkyl halides is 3. The minimum absolute atomic E-state index is 0.170. The highest BCUT2D eigenvalue weighted by atomic mass is 79.9. The Morgan fingerprint density at radius 2 is 1.86 bits per heavy atom. The first-order valence-electron chi connectivity index (χ1n) is 5.83. The van der Waals surface area contributed by atoms with Gasteiger partial charge in [0.25, 0.3) is 5.91 Å². The third-order valence-corrected chi connectivity index (χ3v) is 3.27. The number of halogens is 4. The first-order chi connectivity index (χ1) is 9.42. The SMILES string of the molecule is CC(C)(CC(=O)O)NC(=O)c1ccc(Br)c(C(F)(F)F)c1. The highest BCUT2D eigenvalue weighted by Crippen LogP contribution is 2.35. The van der Waals surface area contributed by atoms with Crippen LogP contribution in [0.15, 0.2) is 22.7 Å². The highest BCUT2D eigenvalue weighted by molar-refractivity contribution is 9.10. The molecule has 1 aromatic carbocycles. The van der Waals surface area contributed by atoms with E-state index < -0.39 is 29.2 Å². The van der Waals surface area contributed by atoms with Gasteiger partial charge in [0.2, 0.25) is 0 Å². The molecule has 21 heavy (non-hydrogen) atoms. The molecule has 0 aliphatic rings. The van der Waals surface area contributed by atoms with Gasteiger partial charge in [-0.2, -0.15) is 13.2 Å². The molecule has 0 atom stereocenters. The van der Waals surface area contributed by atoms with Crippen LogP contribution in [0.2, 0.25) is 0 Å². The number of rotatable bonds is 4. The van der Waals surface area contributed by atoms with Gasteiger partial charge in [-0.25, -0.2) is 0 Å². The fraction of sp³-hybridized carbons (Fsp3) is 0.385. The summed E-state index contributed by atoms with van der Waals surface area (Å²) in [5, 5.41) is 11.1. The number of aliphatic carboxylic acids is 1. The zero-order valence-electron chi connectivity index (χ0n) is 11.2. The smallest absolute Gasteiger partial charge is 0.417 e. The summed E-state index contributed by atoms with van der Waals surface area (Å²) in [7, 11) is 0. The average molecular weight is 368 g/mol. The Bertz CT molecular complexity index is 570. The van der Waals surface area contributed by atoms with Crippen molar-refractivity contribution in [3.05, 3.63) is 33.8 Å². The van der Waals surface area contributed by atoms with Crippen LogP contribution in [0.3, 0.4) is 0 Å². The number of benzene rings is 1. The summed E-state index contributed by atoms with van der Waals surface area (Å²) in [6, 6.07) is 3.07. The van der Waals surface area contributed by atoms with Crippen LogP contribution in [0.5, 0.6) is 0 Å². The van der Waals surface area contributed by atoms with Gasteiger partial charge in [-0.05, 0) is 32.0 Å². The van der Waals surface area contributed by atoms with Crippen molar-refractivity contribution < 1.29 is 27.9 Å². The monoisotopic (exact) mass is 367 g/mol. The largest absolute Gasteiger partial charge is 0.481 e. The Kier molecular flexibility index (Phi) is 5.03. The molecular weight excluding hydrogens is 355 g/mol. The topological polar surface area (TPSA) is 66.4 Å². The maximum atomic E-state index is 12.8. The van der Waals surface area contributed by atoms with Gasteiger partial charge in [0.05, 0.1) is 12.0 Å². The third kappa shape index (κ3) is 5.04. The van der Waals surface area contributed by atoms with Crippen molar-refractivity contribution in [3.63, 3.8) is 0 Å². The second-order valence-electron chi connectivity index (χ2n) is 5.10. The lowest BCUT2D eigenvalue weighted by atomic mass is 10.00. The van der Waals surface area contributed by atoms with E-state index in [0.717, 1.165) is 12.1 Å². The van der Waals surface area contributed by atoms with Gasteiger partial charge in [-0.3, -0.25) is 9.59 Å². The summed E-state index contributed by atoms with van der Waals surface area (Å²) in [5.74, 6) is -1.88. The van der Waals surface area contributed by atoms with Crippen LogP contribution in [-0.2, 0) is 11.0 Å². The van der Waals surface area contributed by atoms with Crippen LogP contribution < -0.4 is 5.32 Å². The normalized spacial score (nSPS) is 12.1. The maximum absolute atomic E-state index is 12.8. The van der Waals surface area contributed by atoms with E-state index in [-0.39, 0.29) is 16.5 Å². The standard InChI is InChI=1S/C13H13BrF3NO3/c1-12(2,6-10(19)20)18-11(21)7-3-4-9(14)8(5-7)13(15,16)17/h3-5H,6H2,1-2H3,(H,18,21)(H,19,20). The number of carboxylic acid groups (broad SMARTS) is 1. The van der Waals surface area contributed by atoms with E-state index in [4.69, 9.17) is 5.11 Å². The molecule has 116 valence electrons. The Labute approximate surface area is 127 Å². The Morgan fingerprint density at radius 1 is 1.29 bits per heavy atom. The van der Waals surface area contributed by atoms with E-state index in [2.05, 4.69) is 21.2 Å². The average Bonchev–Trinajstić information content (AvgIpc) is 2.24. The molecule has 1 aromatic rings. The lowest BCUT2D eigenvalue weighted by molar-refractivity contribution is -0.139. The van der Waals surface area contributed by atoms with Gasteiger partial charge in [-0.15, -0.1) is 0 Å². The zero-order valence-corrected chi connectivity index (χ0v) is 12.8. The van der Waals surface area contributed by atoms with Gasteiger partial charge in [-0.1, -0.05) is 15.9 Å². The van der Waals surface area contributed by atoms with Crippen LogP contribution >= 0.6 is 15.9 Å². The number of carboxylic acids is 1. The number of amides is 1. The summed E-state index contributed by atoms with van der Waals surface area (Å²) in [6.07, 6.45) is -4.94. The predicted molar refractivity (Wildman–Crippen MR) is 72.9 cm³/mol. The van der Waals surface area contributed by atoms with Gasteiger partial charge in [0, 0.05) is 15.6 Å². The molecule has 0 heterocycles. The molecule has 8 heteroatoms. The molecule has 0 fully saturated rings. The minimum atomic E-state index is -4.59. The molecule has 0 saturated heterocycles. The Balaban J connectivity index is 3.02. The van der Waals surface area contributed by atoms with E-state index in [9.17, 15) is 22.8 Å². The van der Waals surface area contributed by atoms with Crippen molar-refractivity contribution in [2.45, 2.75) is 32.0 Å². The zero-order chi connectivity index (χ0) is 16.4. The summed E-state index contributed by atoms with van der Waals surface area (Å²) < 4.78 is 38.1. The number of hydrogen-bond donors (Lipinski definition) is 2. The Hall–Kier alpha value is -1.57. The molecular formula is C13H13BrF3NO3. The number of nitrogens with one attached hydrogen (secondary N) is 1. The van der Waals surface area contributed by atoms with Gasteiger partial charge in [0.1, 0.15) is 0 Å². The summed E-state index contributed by atoms with van der Waals surface area (Å²) in [5.41, 5.74) is -2.23. The second kappa shape index (κ2) is 6.05. The van der Waals surface area contributed by atoms with E-state index in [1.54, 1.807) is 0 Å². The molecule has 0 saturated carbocycles. The van der Waals surface area contributed by atoms with Gasteiger partial charge < -0.3 is 10.4 Å². The van der Waals surface area contributed by atoms with Crippen molar-refractivity contribution in [3.8, 4) is 0 Å². The Morgan fingerprint density at radius 3 is 2.33 bits per heavy atom. The van der Waals surface area contributed by atoms with Crippen LogP contribution in [0.25, 0.3) is 0 Å². The first kappa shape index (κ1) is 17.5. The highest BCUT2D eigenvalue weighted by Gasteiger charge is 2.34. The van der Waals surface area contributed by atoms with Crippen molar-refractivity contribution in [1.29, 1.82) is 0 Å². The predicted octanol–water partition coefficient (Wildman–Crippen LogP) is 3.45. The molecule has 0 unspecified atom stereocenters. The van der Waals surface area contributed by atoms with Crippen molar-refractivity contribution >= 4 is 27.8 Å². The van der Waals surface area contributed by atoms with Crippen molar-refractivity contribution in [2.75, 3.05) is 0 Å². The fourth-order valence-corrected chi connectivity index (χ4v) is 2.16. The lowest BCUT2D eigenvalue weighted by Gasteiger charge is -2.24. The van der Waals surface area contributed by atoms with Crippen molar-refractivity contribution in [1.82, 2.24) is 5.32 Å². The molecule has 0 aromatic heterocycles. The molecule has 2 N–H and O–H groups in total. The minimum Gasteiger partial charge on any atom is -0.481 e. The van der Waals surface area contributed by atoms with Crippen LogP contribution in [-0.4, -0.2) is 22.5 Å². The fourth-order valence-electron chi connectivity index (χ4n) is 1.69.